The summed E-state index contributed by atoms with van der Waals surface area (Å²) in [5.41, 5.74) is 1.05. The first-order valence-electron chi connectivity index (χ1n) is 8.77. The molecule has 150 valence electrons. The lowest BCUT2D eigenvalue weighted by Crippen LogP contribution is -2.34. The molecule has 0 spiro atoms. The molecule has 0 saturated heterocycles. The number of hydrogen-bond donors (Lipinski definition) is 2. The average molecular weight is 420 g/mol. The predicted octanol–water partition coefficient (Wildman–Crippen LogP) is 4.75. The quantitative estimate of drug-likeness (QED) is 0.731. The van der Waals surface area contributed by atoms with Crippen LogP contribution in [0.15, 0.2) is 30.3 Å². The van der Waals surface area contributed by atoms with Crippen LogP contribution in [0.2, 0.25) is 5.02 Å². The molecule has 0 aliphatic heterocycles. The lowest BCUT2D eigenvalue weighted by atomic mass is 10.00. The van der Waals surface area contributed by atoms with Crippen molar-refractivity contribution in [3.8, 4) is 6.07 Å². The number of nitrogens with one attached hydrogen (secondary N) is 1. The van der Waals surface area contributed by atoms with Crippen molar-refractivity contribution in [1.82, 2.24) is 4.90 Å². The van der Waals surface area contributed by atoms with E-state index in [-0.39, 0.29) is 34.8 Å². The first-order chi connectivity index (χ1) is 13.8. The van der Waals surface area contributed by atoms with Gasteiger partial charge >= 0.3 is 6.09 Å². The Morgan fingerprint density at radius 2 is 2.00 bits per heavy atom. The zero-order chi connectivity index (χ0) is 21.1. The molecule has 2 aromatic carbocycles. The molecule has 2 amide bonds. The topological polar surface area (TPSA) is 93.4 Å². The van der Waals surface area contributed by atoms with Crippen LogP contribution in [0.1, 0.15) is 40.4 Å². The number of benzene rings is 2. The van der Waals surface area contributed by atoms with Gasteiger partial charge in [0.05, 0.1) is 23.6 Å². The smallest absolute Gasteiger partial charge is 0.407 e. The van der Waals surface area contributed by atoms with Crippen molar-refractivity contribution < 1.29 is 23.5 Å². The molecule has 2 aromatic rings. The monoisotopic (exact) mass is 419 g/mol. The third-order valence-corrected chi connectivity index (χ3v) is 5.10. The maximum Gasteiger partial charge on any atom is 0.407 e. The summed E-state index contributed by atoms with van der Waals surface area (Å²) in [5, 5.41) is 20.7. The molecule has 2 N–H and O–H groups in total. The van der Waals surface area contributed by atoms with Crippen LogP contribution in [0.3, 0.4) is 0 Å². The molecule has 0 saturated carbocycles. The number of carbonyl (C=O) groups is 2. The van der Waals surface area contributed by atoms with Crippen LogP contribution >= 0.6 is 11.6 Å². The van der Waals surface area contributed by atoms with Crippen molar-refractivity contribution in [2.75, 3.05) is 11.9 Å². The number of nitrogens with zero attached hydrogens (tertiary/aromatic N) is 2. The van der Waals surface area contributed by atoms with E-state index in [1.807, 2.05) is 6.07 Å². The van der Waals surface area contributed by atoms with Gasteiger partial charge < -0.3 is 15.3 Å². The molecule has 9 heteroatoms. The van der Waals surface area contributed by atoms with E-state index < -0.39 is 29.7 Å². The van der Waals surface area contributed by atoms with Crippen molar-refractivity contribution in [3.63, 3.8) is 0 Å². The summed E-state index contributed by atoms with van der Waals surface area (Å²) in [6, 6.07) is 7.28. The standard InChI is InChI=1S/C20H16ClF2N3O3/c21-14-10-11(2-5-15(14)22)25-19(27)13-3-6-16(23)18-12(13)4-7-17(18)26(20(28)29)9-1-8-24/h2-3,5-6,10,17H,1,4,7,9H2,(H,25,27)(H,28,29). The van der Waals surface area contributed by atoms with Gasteiger partial charge in [0.15, 0.2) is 0 Å². The second-order valence-electron chi connectivity index (χ2n) is 6.51. The van der Waals surface area contributed by atoms with Gasteiger partial charge in [-0.25, -0.2) is 13.6 Å². The predicted molar refractivity (Wildman–Crippen MR) is 102 cm³/mol. The van der Waals surface area contributed by atoms with E-state index in [1.165, 1.54) is 18.2 Å². The number of carbonyl (C=O) groups excluding carboxylic acids is 1. The third kappa shape index (κ3) is 4.15. The van der Waals surface area contributed by atoms with Gasteiger partial charge in [0.25, 0.3) is 5.91 Å². The Hall–Kier alpha value is -3.18. The maximum absolute atomic E-state index is 14.6. The molecule has 29 heavy (non-hydrogen) atoms. The van der Waals surface area contributed by atoms with Gasteiger partial charge in [0, 0.05) is 23.4 Å². The zero-order valence-electron chi connectivity index (χ0n) is 15.1. The van der Waals surface area contributed by atoms with E-state index in [9.17, 15) is 23.5 Å². The Morgan fingerprint density at radius 3 is 2.66 bits per heavy atom. The summed E-state index contributed by atoms with van der Waals surface area (Å²) < 4.78 is 27.9. The molecule has 0 fully saturated rings. The summed E-state index contributed by atoms with van der Waals surface area (Å²) in [7, 11) is 0. The first kappa shape index (κ1) is 20.6. The summed E-state index contributed by atoms with van der Waals surface area (Å²) in [5.74, 6) is -1.77. The number of hydrogen-bond acceptors (Lipinski definition) is 3. The highest BCUT2D eigenvalue weighted by Gasteiger charge is 2.35. The Kier molecular flexibility index (Phi) is 5.99. The van der Waals surface area contributed by atoms with Gasteiger partial charge in [-0.1, -0.05) is 11.6 Å². The fourth-order valence-electron chi connectivity index (χ4n) is 3.54. The highest BCUT2D eigenvalue weighted by atomic mass is 35.5. The minimum atomic E-state index is -1.26. The molecule has 1 aliphatic rings. The van der Waals surface area contributed by atoms with Crippen molar-refractivity contribution in [2.24, 2.45) is 0 Å². The number of anilines is 1. The fourth-order valence-corrected chi connectivity index (χ4v) is 3.72. The molecule has 0 heterocycles. The number of fused-ring (bicyclic) bond motifs is 1. The molecular weight excluding hydrogens is 404 g/mol. The molecule has 1 aliphatic carbocycles. The number of nitriles is 1. The van der Waals surface area contributed by atoms with Crippen molar-refractivity contribution >= 4 is 29.3 Å². The van der Waals surface area contributed by atoms with E-state index in [2.05, 4.69) is 5.32 Å². The van der Waals surface area contributed by atoms with E-state index in [0.717, 1.165) is 17.0 Å². The Balaban J connectivity index is 1.92. The summed E-state index contributed by atoms with van der Waals surface area (Å²) in [4.78, 5) is 25.4. The normalized spacial score (nSPS) is 14.8. The fraction of sp³-hybridized carbons (Fsp3) is 0.250. The molecule has 0 bridgehead atoms. The summed E-state index contributed by atoms with van der Waals surface area (Å²) >= 11 is 5.72. The van der Waals surface area contributed by atoms with Crippen molar-refractivity contribution in [1.29, 1.82) is 5.26 Å². The van der Waals surface area contributed by atoms with Crippen molar-refractivity contribution in [2.45, 2.75) is 25.3 Å². The Morgan fingerprint density at radius 1 is 1.28 bits per heavy atom. The van der Waals surface area contributed by atoms with Crippen LogP contribution in [-0.2, 0) is 6.42 Å². The van der Waals surface area contributed by atoms with Crippen LogP contribution in [-0.4, -0.2) is 28.6 Å². The lowest BCUT2D eigenvalue weighted by molar-refractivity contribution is 0.102. The molecule has 3 rings (SSSR count). The highest BCUT2D eigenvalue weighted by molar-refractivity contribution is 6.31. The Labute approximate surface area is 170 Å². The van der Waals surface area contributed by atoms with Crippen LogP contribution < -0.4 is 5.32 Å². The van der Waals surface area contributed by atoms with E-state index in [1.54, 1.807) is 0 Å². The molecule has 0 aromatic heterocycles. The van der Waals surface area contributed by atoms with Gasteiger partial charge in [-0.05, 0) is 48.7 Å². The second-order valence-corrected chi connectivity index (χ2v) is 6.92. The van der Waals surface area contributed by atoms with Gasteiger partial charge in [-0.15, -0.1) is 0 Å². The average Bonchev–Trinajstić information content (AvgIpc) is 3.10. The molecule has 1 unspecified atom stereocenters. The van der Waals surface area contributed by atoms with Crippen LogP contribution in [0.5, 0.6) is 0 Å². The van der Waals surface area contributed by atoms with E-state index >= 15 is 0 Å². The maximum atomic E-state index is 14.6. The van der Waals surface area contributed by atoms with Crippen LogP contribution in [0, 0.1) is 23.0 Å². The lowest BCUT2D eigenvalue weighted by Gasteiger charge is -2.26. The summed E-state index contributed by atoms with van der Waals surface area (Å²) in [6.45, 7) is -0.0557. The SMILES string of the molecule is N#CCCN(C(=O)O)C1CCc2c(C(=O)Nc3ccc(F)c(Cl)c3)ccc(F)c21. The number of carboxylic acid groups (broad SMARTS) is 1. The molecular formula is C20H16ClF2N3O3. The minimum Gasteiger partial charge on any atom is -0.465 e. The van der Waals surface area contributed by atoms with Gasteiger partial charge in [0.2, 0.25) is 0 Å². The minimum absolute atomic E-state index is 0.0226. The van der Waals surface area contributed by atoms with Gasteiger partial charge in [-0.3, -0.25) is 4.79 Å². The second kappa shape index (κ2) is 8.45. The van der Waals surface area contributed by atoms with E-state index in [0.29, 0.717) is 18.4 Å². The molecule has 6 nitrogen and oxygen atoms in total. The van der Waals surface area contributed by atoms with Gasteiger partial charge in [-0.2, -0.15) is 5.26 Å². The highest BCUT2D eigenvalue weighted by Crippen LogP contribution is 2.39. The molecule has 0 radical (unpaired) electrons. The number of rotatable bonds is 5. The van der Waals surface area contributed by atoms with Crippen LogP contribution in [0.25, 0.3) is 0 Å². The largest absolute Gasteiger partial charge is 0.465 e. The van der Waals surface area contributed by atoms with E-state index in [4.69, 9.17) is 16.9 Å². The van der Waals surface area contributed by atoms with Crippen molar-refractivity contribution in [3.05, 3.63) is 63.7 Å². The van der Waals surface area contributed by atoms with Gasteiger partial charge in [0.1, 0.15) is 11.6 Å². The Bertz CT molecular complexity index is 1020. The number of amides is 2. The molecule has 1 atom stereocenters. The van der Waals surface area contributed by atoms with Crippen LogP contribution in [0.4, 0.5) is 19.3 Å². The third-order valence-electron chi connectivity index (χ3n) is 4.81. The first-order valence-corrected chi connectivity index (χ1v) is 9.15. The summed E-state index contributed by atoms with van der Waals surface area (Å²) in [6.07, 6.45) is -0.670. The zero-order valence-corrected chi connectivity index (χ0v) is 15.8. The number of halogens is 3.